The van der Waals surface area contributed by atoms with Crippen molar-refractivity contribution in [2.24, 2.45) is 0 Å². The highest BCUT2D eigenvalue weighted by atomic mass is 19.1. The van der Waals surface area contributed by atoms with Crippen molar-refractivity contribution in [3.05, 3.63) is 58.9 Å². The molecule has 1 heterocycles. The number of aromatic nitrogens is 1. The zero-order valence-electron chi connectivity index (χ0n) is 13.0. The summed E-state index contributed by atoms with van der Waals surface area (Å²) in [6.45, 7) is 7.12. The lowest BCUT2D eigenvalue weighted by atomic mass is 10.1. The molecule has 0 atom stereocenters. The van der Waals surface area contributed by atoms with E-state index in [1.54, 1.807) is 32.9 Å². The second-order valence-electron chi connectivity index (χ2n) is 5.86. The first-order valence-electron chi connectivity index (χ1n) is 6.89. The van der Waals surface area contributed by atoms with Crippen LogP contribution in [-0.2, 0) is 0 Å². The molecule has 1 aromatic carbocycles. The van der Waals surface area contributed by atoms with E-state index >= 15 is 0 Å². The molecule has 4 heteroatoms. The molecular formula is C18H17F2NO. The van der Waals surface area contributed by atoms with E-state index in [4.69, 9.17) is 4.74 Å². The van der Waals surface area contributed by atoms with Crippen molar-refractivity contribution in [2.45, 2.75) is 33.3 Å². The first-order chi connectivity index (χ1) is 10.3. The summed E-state index contributed by atoms with van der Waals surface area (Å²) in [6.07, 6.45) is 0. The fourth-order valence-corrected chi connectivity index (χ4v) is 1.79. The average Bonchev–Trinajstić information content (AvgIpc) is 2.41. The van der Waals surface area contributed by atoms with Gasteiger partial charge in [-0.05, 0) is 57.9 Å². The normalized spacial score (nSPS) is 10.8. The van der Waals surface area contributed by atoms with Crippen LogP contribution in [0.4, 0.5) is 8.78 Å². The van der Waals surface area contributed by atoms with Crippen LogP contribution < -0.4 is 4.74 Å². The molecule has 0 radical (unpaired) electrons. The molecule has 1 aromatic heterocycles. The summed E-state index contributed by atoms with van der Waals surface area (Å²) < 4.78 is 33.5. The van der Waals surface area contributed by atoms with Crippen molar-refractivity contribution in [1.29, 1.82) is 0 Å². The van der Waals surface area contributed by atoms with Crippen molar-refractivity contribution < 1.29 is 13.5 Å². The van der Waals surface area contributed by atoms with Crippen LogP contribution in [0.1, 0.15) is 37.7 Å². The molecule has 0 fully saturated rings. The minimum atomic E-state index is -0.660. The van der Waals surface area contributed by atoms with Gasteiger partial charge in [0.25, 0.3) is 0 Å². The zero-order chi connectivity index (χ0) is 16.3. The van der Waals surface area contributed by atoms with Gasteiger partial charge in [-0.1, -0.05) is 12.0 Å². The second-order valence-corrected chi connectivity index (χ2v) is 5.86. The van der Waals surface area contributed by atoms with E-state index in [9.17, 15) is 8.78 Å². The van der Waals surface area contributed by atoms with Gasteiger partial charge >= 0.3 is 0 Å². The van der Waals surface area contributed by atoms with Gasteiger partial charge in [-0.25, -0.2) is 13.8 Å². The molecule has 0 amide bonds. The average molecular weight is 301 g/mol. The molecule has 0 saturated heterocycles. The number of ether oxygens (including phenoxy) is 1. The Bertz CT molecular complexity index is 752. The maximum Gasteiger partial charge on any atom is 0.174 e. The number of nitrogens with zero attached hydrogens (tertiary/aromatic N) is 1. The lowest BCUT2D eigenvalue weighted by Crippen LogP contribution is -2.24. The summed E-state index contributed by atoms with van der Waals surface area (Å²) >= 11 is 0. The van der Waals surface area contributed by atoms with E-state index in [0.717, 1.165) is 17.8 Å². The van der Waals surface area contributed by atoms with Gasteiger partial charge < -0.3 is 4.74 Å². The number of hydrogen-bond acceptors (Lipinski definition) is 2. The molecule has 0 saturated carbocycles. The van der Waals surface area contributed by atoms with Gasteiger partial charge in [0.2, 0.25) is 0 Å². The standard InChI is InChI=1S/C18H17F2NO/c1-12-6-5-7-13(21-12)8-9-14-15(19)10-11-16(20)17(14)22-18(2,3)4/h5-7,10-11H,1-4H3. The van der Waals surface area contributed by atoms with Gasteiger partial charge in [0.15, 0.2) is 11.6 Å². The largest absolute Gasteiger partial charge is 0.484 e. The van der Waals surface area contributed by atoms with Gasteiger partial charge in [-0.2, -0.15) is 0 Å². The first kappa shape index (κ1) is 16.0. The first-order valence-corrected chi connectivity index (χ1v) is 6.89. The Balaban J connectivity index is 2.49. The van der Waals surface area contributed by atoms with E-state index in [1.807, 2.05) is 13.0 Å². The fraction of sp³-hybridized carbons (Fsp3) is 0.278. The summed E-state index contributed by atoms with van der Waals surface area (Å²) in [5, 5.41) is 0. The van der Waals surface area contributed by atoms with Crippen LogP contribution in [0, 0.1) is 30.4 Å². The van der Waals surface area contributed by atoms with Crippen LogP contribution in [0.2, 0.25) is 0 Å². The van der Waals surface area contributed by atoms with Crippen LogP contribution in [0.3, 0.4) is 0 Å². The molecule has 2 aromatic rings. The molecule has 0 aliphatic rings. The Morgan fingerprint density at radius 3 is 2.32 bits per heavy atom. The van der Waals surface area contributed by atoms with Crippen LogP contribution in [0.25, 0.3) is 0 Å². The molecule has 114 valence electrons. The lowest BCUT2D eigenvalue weighted by Gasteiger charge is -2.22. The highest BCUT2D eigenvalue weighted by Gasteiger charge is 2.20. The summed E-state index contributed by atoms with van der Waals surface area (Å²) in [4.78, 5) is 4.21. The molecule has 0 spiro atoms. The summed E-state index contributed by atoms with van der Waals surface area (Å²) in [5.41, 5.74) is 0.536. The van der Waals surface area contributed by atoms with Gasteiger partial charge in [0.05, 0.1) is 0 Å². The van der Waals surface area contributed by atoms with Crippen molar-refractivity contribution >= 4 is 0 Å². The number of pyridine rings is 1. The molecular weight excluding hydrogens is 284 g/mol. The predicted molar refractivity (Wildman–Crippen MR) is 81.7 cm³/mol. The maximum atomic E-state index is 14.0. The van der Waals surface area contributed by atoms with E-state index in [-0.39, 0.29) is 11.3 Å². The predicted octanol–water partition coefficient (Wildman–Crippen LogP) is 4.25. The molecule has 0 bridgehead atoms. The second kappa shape index (κ2) is 6.15. The van der Waals surface area contributed by atoms with Crippen LogP contribution in [-0.4, -0.2) is 10.6 Å². The SMILES string of the molecule is Cc1cccc(C#Cc2c(F)ccc(F)c2OC(C)(C)C)n1. The van der Waals surface area contributed by atoms with E-state index in [0.29, 0.717) is 5.69 Å². The van der Waals surface area contributed by atoms with Gasteiger partial charge in [0, 0.05) is 5.69 Å². The third-order valence-electron chi connectivity index (χ3n) is 2.67. The maximum absolute atomic E-state index is 14.0. The Kier molecular flexibility index (Phi) is 4.46. The van der Waals surface area contributed by atoms with Gasteiger partial charge in [0.1, 0.15) is 22.7 Å². The van der Waals surface area contributed by atoms with Crippen LogP contribution in [0.5, 0.6) is 5.75 Å². The third-order valence-corrected chi connectivity index (χ3v) is 2.67. The molecule has 0 N–H and O–H groups in total. The lowest BCUT2D eigenvalue weighted by molar-refractivity contribution is 0.123. The number of hydrogen-bond donors (Lipinski definition) is 0. The number of benzene rings is 1. The van der Waals surface area contributed by atoms with E-state index in [1.165, 1.54) is 0 Å². The highest BCUT2D eigenvalue weighted by Crippen LogP contribution is 2.28. The monoisotopic (exact) mass is 301 g/mol. The minimum Gasteiger partial charge on any atom is -0.484 e. The number of aryl methyl sites for hydroxylation is 1. The number of rotatable bonds is 1. The molecule has 0 aliphatic carbocycles. The summed E-state index contributed by atoms with van der Waals surface area (Å²) in [6, 6.07) is 7.43. The van der Waals surface area contributed by atoms with E-state index < -0.39 is 17.2 Å². The molecule has 0 aliphatic heterocycles. The number of halogens is 2. The zero-order valence-corrected chi connectivity index (χ0v) is 13.0. The molecule has 22 heavy (non-hydrogen) atoms. The highest BCUT2D eigenvalue weighted by molar-refractivity contribution is 5.50. The Morgan fingerprint density at radius 2 is 1.68 bits per heavy atom. The molecule has 0 unspecified atom stereocenters. The Morgan fingerprint density at radius 1 is 1.00 bits per heavy atom. The Hall–Kier alpha value is -2.41. The quantitative estimate of drug-likeness (QED) is 0.735. The van der Waals surface area contributed by atoms with Crippen LogP contribution >= 0.6 is 0 Å². The summed E-state index contributed by atoms with van der Waals surface area (Å²) in [5.74, 6) is 3.95. The van der Waals surface area contributed by atoms with Crippen molar-refractivity contribution in [1.82, 2.24) is 4.98 Å². The minimum absolute atomic E-state index is 0.0989. The smallest absolute Gasteiger partial charge is 0.174 e. The molecule has 2 rings (SSSR count). The van der Waals surface area contributed by atoms with Crippen molar-refractivity contribution in [3.8, 4) is 17.6 Å². The van der Waals surface area contributed by atoms with Gasteiger partial charge in [-0.15, -0.1) is 0 Å². The molecule has 2 nitrogen and oxygen atoms in total. The van der Waals surface area contributed by atoms with Gasteiger partial charge in [-0.3, -0.25) is 0 Å². The third kappa shape index (κ3) is 4.05. The fourth-order valence-electron chi connectivity index (χ4n) is 1.79. The van der Waals surface area contributed by atoms with E-state index in [2.05, 4.69) is 16.8 Å². The van der Waals surface area contributed by atoms with Crippen molar-refractivity contribution in [2.75, 3.05) is 0 Å². The topological polar surface area (TPSA) is 22.1 Å². The van der Waals surface area contributed by atoms with Crippen molar-refractivity contribution in [3.63, 3.8) is 0 Å². The summed E-state index contributed by atoms with van der Waals surface area (Å²) in [7, 11) is 0. The Labute approximate surface area is 129 Å². The van der Waals surface area contributed by atoms with Crippen LogP contribution in [0.15, 0.2) is 30.3 Å².